The molecule has 0 amide bonds. The van der Waals surface area contributed by atoms with Gasteiger partial charge in [-0.15, -0.1) is 0 Å². The van der Waals surface area contributed by atoms with E-state index in [1.807, 2.05) is 6.92 Å². The van der Waals surface area contributed by atoms with Crippen LogP contribution in [0.3, 0.4) is 0 Å². The molecule has 1 rings (SSSR count). The van der Waals surface area contributed by atoms with Gasteiger partial charge in [-0.3, -0.25) is 0 Å². The normalized spacial score (nSPS) is 10.7. The second-order valence-electron chi connectivity index (χ2n) is 3.80. The largest absolute Gasteiger partial charge is 0.383 e. The third-order valence-corrected chi connectivity index (χ3v) is 2.84. The fraction of sp³-hybridized carbons (Fsp3) is 0.636. The molecule has 0 radical (unpaired) electrons. The average molecular weight is 208 g/mol. The predicted octanol–water partition coefficient (Wildman–Crippen LogP) is 2.22. The summed E-state index contributed by atoms with van der Waals surface area (Å²) in [5.41, 5.74) is 6.63. The molecular formula is C11H20N4. The van der Waals surface area contributed by atoms with Crippen LogP contribution in [0.5, 0.6) is 0 Å². The maximum Gasteiger partial charge on any atom is 0.134 e. The Hall–Kier alpha value is -1.32. The van der Waals surface area contributed by atoms with Gasteiger partial charge in [-0.05, 0) is 12.8 Å². The number of nitrogens with two attached hydrogens (primary N) is 1. The molecule has 0 atom stereocenters. The fourth-order valence-corrected chi connectivity index (χ4v) is 1.46. The van der Waals surface area contributed by atoms with Crippen molar-refractivity contribution in [3.8, 4) is 0 Å². The Bertz CT molecular complexity index is 307. The summed E-state index contributed by atoms with van der Waals surface area (Å²) in [5, 5.41) is 3.32. The zero-order chi connectivity index (χ0) is 11.3. The van der Waals surface area contributed by atoms with Gasteiger partial charge in [0, 0.05) is 12.1 Å². The quantitative estimate of drug-likeness (QED) is 0.778. The number of nitrogens with one attached hydrogen (secondary N) is 1. The molecule has 0 aliphatic rings. The fourth-order valence-electron chi connectivity index (χ4n) is 1.46. The SMILES string of the molecule is CCC(CC)CNc1ncnc(N)c1C. The Balaban J connectivity index is 2.61. The van der Waals surface area contributed by atoms with E-state index < -0.39 is 0 Å². The molecule has 1 heterocycles. The Morgan fingerprint density at radius 2 is 2.00 bits per heavy atom. The van der Waals surface area contributed by atoms with Gasteiger partial charge in [-0.1, -0.05) is 26.7 Å². The zero-order valence-corrected chi connectivity index (χ0v) is 9.75. The number of nitrogen functional groups attached to an aromatic ring is 1. The lowest BCUT2D eigenvalue weighted by Gasteiger charge is -2.15. The van der Waals surface area contributed by atoms with Crippen LogP contribution in [0.2, 0.25) is 0 Å². The van der Waals surface area contributed by atoms with Gasteiger partial charge in [-0.25, -0.2) is 9.97 Å². The van der Waals surface area contributed by atoms with Crippen LogP contribution < -0.4 is 11.1 Å². The lowest BCUT2D eigenvalue weighted by atomic mass is 10.0. The van der Waals surface area contributed by atoms with Gasteiger partial charge in [0.25, 0.3) is 0 Å². The molecule has 0 spiro atoms. The minimum Gasteiger partial charge on any atom is -0.383 e. The summed E-state index contributed by atoms with van der Waals surface area (Å²) in [6.07, 6.45) is 3.86. The van der Waals surface area contributed by atoms with Crippen LogP contribution in [0.4, 0.5) is 11.6 Å². The Labute approximate surface area is 91.3 Å². The van der Waals surface area contributed by atoms with E-state index in [2.05, 4.69) is 29.1 Å². The van der Waals surface area contributed by atoms with Crippen molar-refractivity contribution < 1.29 is 0 Å². The van der Waals surface area contributed by atoms with Crippen molar-refractivity contribution in [1.82, 2.24) is 9.97 Å². The molecule has 4 nitrogen and oxygen atoms in total. The van der Waals surface area contributed by atoms with Crippen molar-refractivity contribution in [1.29, 1.82) is 0 Å². The molecule has 1 aromatic heterocycles. The number of hydrogen-bond acceptors (Lipinski definition) is 4. The molecule has 0 fully saturated rings. The number of hydrogen-bond donors (Lipinski definition) is 2. The first-order valence-corrected chi connectivity index (χ1v) is 5.49. The average Bonchev–Trinajstić information content (AvgIpc) is 2.25. The van der Waals surface area contributed by atoms with E-state index in [-0.39, 0.29) is 0 Å². The Kier molecular flexibility index (Phi) is 4.34. The molecule has 0 saturated heterocycles. The van der Waals surface area contributed by atoms with Crippen molar-refractivity contribution in [3.05, 3.63) is 11.9 Å². The first-order chi connectivity index (χ1) is 7.19. The summed E-state index contributed by atoms with van der Waals surface area (Å²) in [5.74, 6) is 2.10. The lowest BCUT2D eigenvalue weighted by molar-refractivity contribution is 0.518. The number of anilines is 2. The minimum atomic E-state index is 0.553. The molecule has 0 aliphatic carbocycles. The maximum absolute atomic E-state index is 5.70. The van der Waals surface area contributed by atoms with Gasteiger partial charge in [-0.2, -0.15) is 0 Å². The topological polar surface area (TPSA) is 63.8 Å². The van der Waals surface area contributed by atoms with E-state index in [9.17, 15) is 0 Å². The van der Waals surface area contributed by atoms with Crippen LogP contribution in [0, 0.1) is 12.8 Å². The van der Waals surface area contributed by atoms with Crippen LogP contribution in [0.25, 0.3) is 0 Å². The van der Waals surface area contributed by atoms with Crippen LogP contribution in [-0.4, -0.2) is 16.5 Å². The summed E-state index contributed by atoms with van der Waals surface area (Å²) >= 11 is 0. The van der Waals surface area contributed by atoms with Crippen LogP contribution in [0.15, 0.2) is 6.33 Å². The van der Waals surface area contributed by atoms with Crippen molar-refractivity contribution in [2.24, 2.45) is 5.92 Å². The molecular weight excluding hydrogens is 188 g/mol. The summed E-state index contributed by atoms with van der Waals surface area (Å²) in [7, 11) is 0. The summed E-state index contributed by atoms with van der Waals surface area (Å²) in [6, 6.07) is 0. The predicted molar refractivity (Wildman–Crippen MR) is 63.7 cm³/mol. The van der Waals surface area contributed by atoms with Gasteiger partial charge in [0.2, 0.25) is 0 Å². The van der Waals surface area contributed by atoms with E-state index in [0.717, 1.165) is 17.9 Å². The molecule has 4 heteroatoms. The number of rotatable bonds is 5. The second kappa shape index (κ2) is 5.53. The first kappa shape index (κ1) is 11.8. The van der Waals surface area contributed by atoms with Gasteiger partial charge in [0.1, 0.15) is 18.0 Å². The van der Waals surface area contributed by atoms with E-state index in [1.165, 1.54) is 19.2 Å². The third-order valence-electron chi connectivity index (χ3n) is 2.84. The van der Waals surface area contributed by atoms with E-state index in [4.69, 9.17) is 5.73 Å². The van der Waals surface area contributed by atoms with Gasteiger partial charge in [0.15, 0.2) is 0 Å². The van der Waals surface area contributed by atoms with Crippen molar-refractivity contribution in [3.63, 3.8) is 0 Å². The lowest BCUT2D eigenvalue weighted by Crippen LogP contribution is -2.15. The van der Waals surface area contributed by atoms with E-state index in [1.54, 1.807) is 0 Å². The monoisotopic (exact) mass is 208 g/mol. The molecule has 15 heavy (non-hydrogen) atoms. The maximum atomic E-state index is 5.70. The minimum absolute atomic E-state index is 0.553. The summed E-state index contributed by atoms with van der Waals surface area (Å²) in [6.45, 7) is 7.29. The van der Waals surface area contributed by atoms with E-state index >= 15 is 0 Å². The van der Waals surface area contributed by atoms with Crippen LogP contribution in [0.1, 0.15) is 32.3 Å². The highest BCUT2D eigenvalue weighted by Crippen LogP contribution is 2.16. The third kappa shape index (κ3) is 3.08. The smallest absolute Gasteiger partial charge is 0.134 e. The van der Waals surface area contributed by atoms with Crippen molar-refractivity contribution >= 4 is 11.6 Å². The highest BCUT2D eigenvalue weighted by Gasteiger charge is 2.06. The molecule has 1 aromatic rings. The summed E-state index contributed by atoms with van der Waals surface area (Å²) < 4.78 is 0. The van der Waals surface area contributed by atoms with Crippen molar-refractivity contribution in [2.75, 3.05) is 17.6 Å². The van der Waals surface area contributed by atoms with Gasteiger partial charge >= 0.3 is 0 Å². The van der Waals surface area contributed by atoms with E-state index in [0.29, 0.717) is 11.7 Å². The molecule has 3 N–H and O–H groups in total. The van der Waals surface area contributed by atoms with Crippen molar-refractivity contribution in [2.45, 2.75) is 33.6 Å². The second-order valence-corrected chi connectivity index (χ2v) is 3.80. The number of aromatic nitrogens is 2. The number of nitrogens with zero attached hydrogens (tertiary/aromatic N) is 2. The standard InChI is InChI=1S/C11H20N4/c1-4-9(5-2)6-13-11-8(3)10(12)14-7-15-11/h7,9H,4-6H2,1-3H3,(H3,12,13,14,15). The highest BCUT2D eigenvalue weighted by atomic mass is 15.0. The summed E-state index contributed by atoms with van der Waals surface area (Å²) in [4.78, 5) is 8.11. The molecule has 0 bridgehead atoms. The van der Waals surface area contributed by atoms with Gasteiger partial charge in [0.05, 0.1) is 0 Å². The Morgan fingerprint density at radius 3 is 2.60 bits per heavy atom. The van der Waals surface area contributed by atoms with Crippen LogP contribution >= 0.6 is 0 Å². The molecule has 0 aliphatic heterocycles. The molecule has 0 unspecified atom stereocenters. The Morgan fingerprint density at radius 1 is 1.33 bits per heavy atom. The molecule has 84 valence electrons. The van der Waals surface area contributed by atoms with Gasteiger partial charge < -0.3 is 11.1 Å². The first-order valence-electron chi connectivity index (χ1n) is 5.49. The zero-order valence-electron chi connectivity index (χ0n) is 9.75. The molecule has 0 aromatic carbocycles. The molecule has 0 saturated carbocycles. The highest BCUT2D eigenvalue weighted by molar-refractivity contribution is 5.53. The van der Waals surface area contributed by atoms with Crippen LogP contribution in [-0.2, 0) is 0 Å².